The molecular weight excluding hydrogens is 605 g/mol. The third-order valence-electron chi connectivity index (χ3n) is 9.23. The molecule has 0 atom stereocenters. The van der Waals surface area contributed by atoms with E-state index >= 15 is 0 Å². The highest BCUT2D eigenvalue weighted by Crippen LogP contribution is 2.43. The molecule has 0 N–H and O–H groups in total. The fourth-order valence-corrected chi connectivity index (χ4v) is 6.80. The second kappa shape index (κ2) is 13.5. The van der Waals surface area contributed by atoms with Gasteiger partial charge in [-0.1, -0.05) is 155 Å². The summed E-state index contributed by atoms with van der Waals surface area (Å²) in [5.41, 5.74) is 12.0. The lowest BCUT2D eigenvalue weighted by Gasteiger charge is -2.16. The number of aromatic nitrogens is 2. The molecule has 0 radical (unpaired) electrons. The van der Waals surface area contributed by atoms with Gasteiger partial charge in [0.2, 0.25) is 0 Å². The van der Waals surface area contributed by atoms with Gasteiger partial charge >= 0.3 is 0 Å². The SMILES string of the molecule is C=C/C=C\C(=C)C(=C)/C=C\C(=C)C(=C)/C(=C\C=C)n1c2ccccc2c2c3c4ccccc4n(-c4cccc(-c5ccccc5)c4)c3ccc21. The summed E-state index contributed by atoms with van der Waals surface area (Å²) in [6.07, 6.45) is 13.1. The molecule has 7 aromatic rings. The van der Waals surface area contributed by atoms with E-state index in [2.05, 4.69) is 164 Å². The molecule has 7 rings (SSSR count). The van der Waals surface area contributed by atoms with Crippen LogP contribution in [-0.4, -0.2) is 9.13 Å². The first-order chi connectivity index (χ1) is 24.4. The summed E-state index contributed by atoms with van der Waals surface area (Å²) in [4.78, 5) is 0. The van der Waals surface area contributed by atoms with Crippen molar-refractivity contribution in [1.29, 1.82) is 0 Å². The molecule has 0 aliphatic rings. The first kappa shape index (κ1) is 31.9. The Kier molecular flexibility index (Phi) is 8.60. The lowest BCUT2D eigenvalue weighted by atomic mass is 10.0. The fraction of sp³-hybridized carbons (Fsp3) is 0. The number of allylic oxidation sites excluding steroid dienone is 12. The van der Waals surface area contributed by atoms with Crippen molar-refractivity contribution in [1.82, 2.24) is 9.13 Å². The van der Waals surface area contributed by atoms with Crippen molar-refractivity contribution >= 4 is 49.3 Å². The Morgan fingerprint density at radius 2 is 1.10 bits per heavy atom. The maximum Gasteiger partial charge on any atom is 0.0549 e. The van der Waals surface area contributed by atoms with Gasteiger partial charge in [0, 0.05) is 27.2 Å². The van der Waals surface area contributed by atoms with Crippen molar-refractivity contribution in [3.8, 4) is 16.8 Å². The molecule has 0 saturated heterocycles. The minimum absolute atomic E-state index is 0.765. The van der Waals surface area contributed by atoms with Crippen molar-refractivity contribution in [3.63, 3.8) is 0 Å². The predicted octanol–water partition coefficient (Wildman–Crippen LogP) is 13.1. The van der Waals surface area contributed by atoms with Crippen LogP contribution in [0.3, 0.4) is 0 Å². The van der Waals surface area contributed by atoms with E-state index in [1.807, 2.05) is 36.5 Å². The summed E-state index contributed by atoms with van der Waals surface area (Å²) in [6.45, 7) is 25.0. The zero-order chi connectivity index (χ0) is 34.8. The molecule has 2 nitrogen and oxygen atoms in total. The molecular formula is C48H38N2. The molecule has 0 spiro atoms. The van der Waals surface area contributed by atoms with Gasteiger partial charge in [0.25, 0.3) is 0 Å². The van der Waals surface area contributed by atoms with Crippen LogP contribution in [0.2, 0.25) is 0 Å². The lowest BCUT2D eigenvalue weighted by molar-refractivity contribution is 1.18. The largest absolute Gasteiger partial charge is 0.309 e. The van der Waals surface area contributed by atoms with Gasteiger partial charge in [-0.2, -0.15) is 0 Å². The van der Waals surface area contributed by atoms with Crippen LogP contribution in [0.4, 0.5) is 0 Å². The number of hydrogen-bond donors (Lipinski definition) is 0. The summed E-state index contributed by atoms with van der Waals surface area (Å²) in [6, 6.07) is 41.1. The van der Waals surface area contributed by atoms with Crippen molar-refractivity contribution in [2.24, 2.45) is 0 Å². The van der Waals surface area contributed by atoms with Gasteiger partial charge in [-0.15, -0.1) is 0 Å². The van der Waals surface area contributed by atoms with Crippen LogP contribution in [0.1, 0.15) is 0 Å². The van der Waals surface area contributed by atoms with Gasteiger partial charge < -0.3 is 9.13 Å². The Morgan fingerprint density at radius 1 is 0.500 bits per heavy atom. The molecule has 5 aromatic carbocycles. The van der Waals surface area contributed by atoms with Gasteiger partial charge in [0.1, 0.15) is 0 Å². The van der Waals surface area contributed by atoms with E-state index in [-0.39, 0.29) is 0 Å². The molecule has 0 fully saturated rings. The molecule has 240 valence electrons. The molecule has 0 aliphatic carbocycles. The van der Waals surface area contributed by atoms with Gasteiger partial charge in [-0.05, 0) is 75.9 Å². The maximum atomic E-state index is 4.53. The highest BCUT2D eigenvalue weighted by molar-refractivity contribution is 6.29. The Morgan fingerprint density at radius 3 is 1.84 bits per heavy atom. The molecule has 2 heteroatoms. The van der Waals surface area contributed by atoms with Crippen LogP contribution >= 0.6 is 0 Å². The molecule has 0 unspecified atom stereocenters. The van der Waals surface area contributed by atoms with E-state index in [1.165, 1.54) is 27.3 Å². The second-order valence-electron chi connectivity index (χ2n) is 12.2. The molecule has 2 heterocycles. The second-order valence-corrected chi connectivity index (χ2v) is 12.2. The Hall–Kier alpha value is -6.64. The Bertz CT molecular complexity index is 2630. The molecule has 0 aliphatic heterocycles. The summed E-state index contributed by atoms with van der Waals surface area (Å²) >= 11 is 0. The average Bonchev–Trinajstić information content (AvgIpc) is 3.67. The smallest absolute Gasteiger partial charge is 0.0549 e. The van der Waals surface area contributed by atoms with E-state index in [0.717, 1.165) is 61.1 Å². The van der Waals surface area contributed by atoms with Crippen LogP contribution in [0.5, 0.6) is 0 Å². The van der Waals surface area contributed by atoms with E-state index in [4.69, 9.17) is 0 Å². The zero-order valence-corrected chi connectivity index (χ0v) is 28.1. The van der Waals surface area contributed by atoms with E-state index in [0.29, 0.717) is 0 Å². The number of benzene rings is 5. The van der Waals surface area contributed by atoms with Crippen molar-refractivity contribution in [3.05, 3.63) is 220 Å². The van der Waals surface area contributed by atoms with Crippen LogP contribution in [0, 0.1) is 0 Å². The number of para-hydroxylation sites is 2. The highest BCUT2D eigenvalue weighted by atomic mass is 15.0. The number of fused-ring (bicyclic) bond motifs is 7. The molecule has 50 heavy (non-hydrogen) atoms. The Balaban J connectivity index is 1.43. The topological polar surface area (TPSA) is 9.86 Å². The van der Waals surface area contributed by atoms with Gasteiger partial charge in [0.05, 0.1) is 27.8 Å². The number of rotatable bonds is 11. The molecule has 2 aromatic heterocycles. The van der Waals surface area contributed by atoms with Crippen LogP contribution < -0.4 is 0 Å². The zero-order valence-electron chi connectivity index (χ0n) is 28.1. The number of nitrogens with zero attached hydrogens (tertiary/aromatic N) is 2. The third-order valence-corrected chi connectivity index (χ3v) is 9.23. The van der Waals surface area contributed by atoms with Gasteiger partial charge in [0.15, 0.2) is 0 Å². The third kappa shape index (κ3) is 5.53. The number of hydrogen-bond acceptors (Lipinski definition) is 0. The van der Waals surface area contributed by atoms with E-state index in [9.17, 15) is 0 Å². The van der Waals surface area contributed by atoms with Crippen molar-refractivity contribution in [2.45, 2.75) is 0 Å². The predicted molar refractivity (Wildman–Crippen MR) is 219 cm³/mol. The first-order valence-corrected chi connectivity index (χ1v) is 16.6. The van der Waals surface area contributed by atoms with E-state index < -0.39 is 0 Å². The molecule has 0 saturated carbocycles. The maximum absolute atomic E-state index is 4.53. The van der Waals surface area contributed by atoms with E-state index in [1.54, 1.807) is 6.08 Å². The van der Waals surface area contributed by atoms with Crippen molar-refractivity contribution < 1.29 is 0 Å². The van der Waals surface area contributed by atoms with Gasteiger partial charge in [-0.3, -0.25) is 0 Å². The normalized spacial score (nSPS) is 12.0. The van der Waals surface area contributed by atoms with Crippen LogP contribution in [0.15, 0.2) is 220 Å². The quantitative estimate of drug-likeness (QED) is 0.124. The minimum atomic E-state index is 0.765. The average molecular weight is 643 g/mol. The van der Waals surface area contributed by atoms with Gasteiger partial charge in [-0.25, -0.2) is 0 Å². The summed E-state index contributed by atoms with van der Waals surface area (Å²) in [5, 5.41) is 4.76. The minimum Gasteiger partial charge on any atom is -0.309 e. The molecule has 0 amide bonds. The monoisotopic (exact) mass is 642 g/mol. The summed E-state index contributed by atoms with van der Waals surface area (Å²) in [5.74, 6) is 0. The van der Waals surface area contributed by atoms with Crippen LogP contribution in [0.25, 0.3) is 66.1 Å². The van der Waals surface area contributed by atoms with Crippen LogP contribution in [-0.2, 0) is 0 Å². The fourth-order valence-electron chi connectivity index (χ4n) is 6.80. The summed E-state index contributed by atoms with van der Waals surface area (Å²) in [7, 11) is 0. The highest BCUT2D eigenvalue weighted by Gasteiger charge is 2.22. The first-order valence-electron chi connectivity index (χ1n) is 16.6. The molecule has 0 bridgehead atoms. The Labute approximate surface area is 293 Å². The summed E-state index contributed by atoms with van der Waals surface area (Å²) < 4.78 is 4.68. The standard InChI is InChI=1S/C48H38N2/c1-7-9-19-33(3)34(4)28-29-35(5)36(6)42(18-8-2)50-44-27-16-14-25-41(44)48-46(50)31-30-45-47(48)40-24-13-15-26-43(40)49(45)39-23-17-22-38(32-39)37-20-11-10-12-21-37/h7-32H,1-6H2/b19-9-,29-28-,42-18+. The lowest BCUT2D eigenvalue weighted by Crippen LogP contribution is -2.01. The van der Waals surface area contributed by atoms with Crippen molar-refractivity contribution in [2.75, 3.05) is 0 Å².